The van der Waals surface area contributed by atoms with E-state index >= 15 is 0 Å². The van der Waals surface area contributed by atoms with E-state index in [1.54, 1.807) is 6.20 Å². The molecule has 0 saturated carbocycles. The van der Waals surface area contributed by atoms with Crippen molar-refractivity contribution in [2.45, 2.75) is 20.4 Å². The summed E-state index contributed by atoms with van der Waals surface area (Å²) in [4.78, 5) is 8.36. The summed E-state index contributed by atoms with van der Waals surface area (Å²) in [6.07, 6.45) is 3.76. The highest BCUT2D eigenvalue weighted by Gasteiger charge is 2.15. The maximum Gasteiger partial charge on any atom is 0.220 e. The first kappa shape index (κ1) is 15.8. The number of rotatable bonds is 3. The van der Waals surface area contributed by atoms with Crippen LogP contribution in [0.1, 0.15) is 17.0 Å². The molecule has 1 aromatic carbocycles. The molecule has 0 atom stereocenters. The highest BCUT2D eigenvalue weighted by molar-refractivity contribution is 9.10. The second-order valence-electron chi connectivity index (χ2n) is 5.93. The van der Waals surface area contributed by atoms with Gasteiger partial charge < -0.3 is 14.8 Å². The van der Waals surface area contributed by atoms with Gasteiger partial charge >= 0.3 is 0 Å². The van der Waals surface area contributed by atoms with E-state index in [4.69, 9.17) is 10.3 Å². The summed E-state index contributed by atoms with van der Waals surface area (Å²) in [5.41, 5.74) is 10.7. The lowest BCUT2D eigenvalue weighted by molar-refractivity contribution is 0.392. The normalized spacial score (nSPS) is 11.3. The minimum absolute atomic E-state index is 0.263. The van der Waals surface area contributed by atoms with E-state index < -0.39 is 0 Å². The van der Waals surface area contributed by atoms with Crippen molar-refractivity contribution in [3.05, 3.63) is 58.1 Å². The molecule has 0 spiro atoms. The maximum atomic E-state index is 5.77. The minimum atomic E-state index is 0.263. The first-order chi connectivity index (χ1) is 12.0. The Labute approximate surface area is 152 Å². The number of halogens is 1. The number of hydrogen-bond donors (Lipinski definition) is 1. The van der Waals surface area contributed by atoms with Crippen molar-refractivity contribution in [2.24, 2.45) is 0 Å². The maximum absolute atomic E-state index is 5.77. The fourth-order valence-corrected chi connectivity index (χ4v) is 3.39. The van der Waals surface area contributed by atoms with Gasteiger partial charge in [0.15, 0.2) is 0 Å². The quantitative estimate of drug-likeness (QED) is 0.562. The van der Waals surface area contributed by atoms with Gasteiger partial charge in [-0.2, -0.15) is 0 Å². The Kier molecular flexibility index (Phi) is 3.80. The number of fused-ring (bicyclic) bond motifs is 1. The van der Waals surface area contributed by atoms with Gasteiger partial charge in [-0.25, -0.2) is 9.97 Å². The molecule has 0 aliphatic carbocycles. The first-order valence-corrected chi connectivity index (χ1v) is 8.61. The second kappa shape index (κ2) is 6.00. The molecule has 0 bridgehead atoms. The average Bonchev–Trinajstić information content (AvgIpc) is 3.10. The molecule has 6 nitrogen and oxygen atoms in total. The number of hydrogen-bond acceptors (Lipinski definition) is 5. The molecule has 4 rings (SSSR count). The summed E-state index contributed by atoms with van der Waals surface area (Å²) in [5.74, 6) is 1.10. The molecule has 2 N–H and O–H groups in total. The van der Waals surface area contributed by atoms with E-state index in [0.717, 1.165) is 43.7 Å². The lowest BCUT2D eigenvalue weighted by Crippen LogP contribution is -2.00. The molecule has 3 aromatic heterocycles. The Morgan fingerprint density at radius 2 is 2.08 bits per heavy atom. The molecule has 0 fully saturated rings. The molecule has 3 heterocycles. The van der Waals surface area contributed by atoms with Gasteiger partial charge in [-0.05, 0) is 38.1 Å². The molecule has 0 aliphatic rings. The smallest absolute Gasteiger partial charge is 0.220 e. The Morgan fingerprint density at radius 1 is 1.24 bits per heavy atom. The van der Waals surface area contributed by atoms with Crippen molar-refractivity contribution >= 4 is 32.8 Å². The zero-order chi connectivity index (χ0) is 17.6. The van der Waals surface area contributed by atoms with Gasteiger partial charge in [0.2, 0.25) is 5.95 Å². The molecular formula is C18H16BrN5O. The highest BCUT2D eigenvalue weighted by atomic mass is 79.9. The Balaban J connectivity index is 1.91. The van der Waals surface area contributed by atoms with Crippen LogP contribution in [0.5, 0.6) is 0 Å². The van der Waals surface area contributed by atoms with Crippen molar-refractivity contribution in [3.63, 3.8) is 0 Å². The van der Waals surface area contributed by atoms with Crippen LogP contribution < -0.4 is 5.73 Å². The highest BCUT2D eigenvalue weighted by Crippen LogP contribution is 2.32. The first-order valence-electron chi connectivity index (χ1n) is 7.82. The predicted molar refractivity (Wildman–Crippen MR) is 100 cm³/mol. The van der Waals surface area contributed by atoms with E-state index in [9.17, 15) is 0 Å². The van der Waals surface area contributed by atoms with Crippen LogP contribution in [0.2, 0.25) is 0 Å². The van der Waals surface area contributed by atoms with Gasteiger partial charge in [-0.3, -0.25) is 0 Å². The molecule has 126 valence electrons. The number of nitrogen functional groups attached to an aromatic ring is 1. The summed E-state index contributed by atoms with van der Waals surface area (Å²) >= 11 is 3.56. The number of nitrogens with two attached hydrogens (primary N) is 1. The predicted octanol–water partition coefficient (Wildman–Crippen LogP) is 4.10. The van der Waals surface area contributed by atoms with Crippen LogP contribution in [-0.2, 0) is 6.54 Å². The van der Waals surface area contributed by atoms with E-state index in [-0.39, 0.29) is 5.95 Å². The van der Waals surface area contributed by atoms with E-state index in [1.807, 2.05) is 26.0 Å². The lowest BCUT2D eigenvalue weighted by atomic mass is 10.1. The van der Waals surface area contributed by atoms with Crippen molar-refractivity contribution in [3.8, 4) is 11.3 Å². The van der Waals surface area contributed by atoms with Crippen molar-refractivity contribution < 1.29 is 4.52 Å². The number of nitrogens with zero attached hydrogens (tertiary/aromatic N) is 4. The van der Waals surface area contributed by atoms with Crippen LogP contribution in [0.4, 0.5) is 5.95 Å². The summed E-state index contributed by atoms with van der Waals surface area (Å²) in [6, 6.07) is 8.08. The van der Waals surface area contributed by atoms with Gasteiger partial charge in [-0.15, -0.1) is 0 Å². The molecule has 0 aliphatic heterocycles. The Bertz CT molecular complexity index is 1060. The topological polar surface area (TPSA) is 82.8 Å². The third-order valence-electron chi connectivity index (χ3n) is 4.30. The zero-order valence-corrected chi connectivity index (χ0v) is 15.4. The summed E-state index contributed by atoms with van der Waals surface area (Å²) < 4.78 is 8.49. The summed E-state index contributed by atoms with van der Waals surface area (Å²) in [6.45, 7) is 4.57. The Morgan fingerprint density at radius 3 is 2.80 bits per heavy atom. The van der Waals surface area contributed by atoms with Crippen LogP contribution in [-0.4, -0.2) is 19.7 Å². The molecule has 0 radical (unpaired) electrons. The number of anilines is 1. The molecule has 25 heavy (non-hydrogen) atoms. The van der Waals surface area contributed by atoms with Crippen LogP contribution in [0, 0.1) is 13.8 Å². The molecule has 0 saturated heterocycles. The van der Waals surface area contributed by atoms with Crippen LogP contribution in [0.3, 0.4) is 0 Å². The zero-order valence-electron chi connectivity index (χ0n) is 13.8. The Hall–Kier alpha value is -2.67. The average molecular weight is 398 g/mol. The molecule has 0 amide bonds. The third-order valence-corrected chi connectivity index (χ3v) is 4.80. The van der Waals surface area contributed by atoms with Gasteiger partial charge in [-0.1, -0.05) is 21.1 Å². The van der Waals surface area contributed by atoms with Crippen molar-refractivity contribution in [1.82, 2.24) is 19.7 Å². The van der Waals surface area contributed by atoms with Crippen molar-refractivity contribution in [1.29, 1.82) is 0 Å². The van der Waals surface area contributed by atoms with Crippen LogP contribution in [0.25, 0.3) is 22.2 Å². The van der Waals surface area contributed by atoms with E-state index in [2.05, 4.69) is 54.0 Å². The second-order valence-corrected chi connectivity index (χ2v) is 6.85. The fraction of sp³-hybridized carbons (Fsp3) is 0.167. The molecule has 0 unspecified atom stereocenters. The number of aromatic nitrogens is 4. The third kappa shape index (κ3) is 2.80. The standard InChI is InChI=1S/C18H16BrN5O/c1-10-14(11(2)25-23-10)8-24-9-15(16-5-6-21-18(20)22-16)13-7-12(19)3-4-17(13)24/h3-7,9H,8H2,1-2H3,(H2,20,21,22). The van der Waals surface area contributed by atoms with Gasteiger partial charge in [0.05, 0.1) is 17.9 Å². The number of benzene rings is 1. The SMILES string of the molecule is Cc1noc(C)c1Cn1cc(-c2ccnc(N)n2)c2cc(Br)ccc21. The van der Waals surface area contributed by atoms with Crippen LogP contribution in [0.15, 0.2) is 45.7 Å². The molecule has 4 aromatic rings. The van der Waals surface area contributed by atoms with Gasteiger partial charge in [0.1, 0.15) is 5.76 Å². The van der Waals surface area contributed by atoms with E-state index in [1.165, 1.54) is 0 Å². The minimum Gasteiger partial charge on any atom is -0.368 e. The fourth-order valence-electron chi connectivity index (χ4n) is 3.03. The van der Waals surface area contributed by atoms with E-state index in [0.29, 0.717) is 6.54 Å². The number of aryl methyl sites for hydroxylation is 2. The van der Waals surface area contributed by atoms with Gasteiger partial charge in [0, 0.05) is 38.9 Å². The summed E-state index contributed by atoms with van der Waals surface area (Å²) in [7, 11) is 0. The van der Waals surface area contributed by atoms with Crippen LogP contribution >= 0.6 is 15.9 Å². The van der Waals surface area contributed by atoms with Gasteiger partial charge in [0.25, 0.3) is 0 Å². The van der Waals surface area contributed by atoms with Crippen molar-refractivity contribution in [2.75, 3.05) is 5.73 Å². The summed E-state index contributed by atoms with van der Waals surface area (Å²) in [5, 5.41) is 5.15. The lowest BCUT2D eigenvalue weighted by Gasteiger charge is -2.05. The molecule has 7 heteroatoms. The largest absolute Gasteiger partial charge is 0.368 e. The monoisotopic (exact) mass is 397 g/mol. The molecular weight excluding hydrogens is 382 g/mol.